The number of benzene rings is 2. The van der Waals surface area contributed by atoms with E-state index >= 15 is 0 Å². The van der Waals surface area contributed by atoms with Crippen LogP contribution < -0.4 is 4.74 Å². The Kier molecular flexibility index (Phi) is 7.14. The van der Waals surface area contributed by atoms with Crippen LogP contribution in [0, 0.1) is 12.3 Å². The van der Waals surface area contributed by atoms with Gasteiger partial charge in [0.05, 0.1) is 7.11 Å². The fourth-order valence-electron chi connectivity index (χ4n) is 2.75. The first-order valence-electron chi connectivity index (χ1n) is 8.23. The van der Waals surface area contributed by atoms with Crippen LogP contribution in [-0.4, -0.2) is 24.6 Å². The largest absolute Gasteiger partial charge is 0.497 e. The van der Waals surface area contributed by atoms with Crippen molar-refractivity contribution in [1.82, 2.24) is 4.90 Å². The average Bonchev–Trinajstić information content (AvgIpc) is 2.64. The lowest BCUT2D eigenvalue weighted by molar-refractivity contribution is 0.224. The number of ether oxygens (including phenoxy) is 1. The van der Waals surface area contributed by atoms with Crippen LogP contribution >= 0.6 is 0 Å². The molecule has 0 saturated carbocycles. The first kappa shape index (κ1) is 17.8. The van der Waals surface area contributed by atoms with Crippen molar-refractivity contribution < 1.29 is 4.74 Å². The van der Waals surface area contributed by atoms with Crippen LogP contribution in [0.5, 0.6) is 5.75 Å². The second-order valence-corrected chi connectivity index (χ2v) is 5.77. The molecule has 0 fully saturated rings. The van der Waals surface area contributed by atoms with Crippen molar-refractivity contribution in [1.29, 1.82) is 0 Å². The van der Waals surface area contributed by atoms with Crippen LogP contribution in [0.15, 0.2) is 67.3 Å². The Morgan fingerprint density at radius 2 is 1.83 bits per heavy atom. The van der Waals surface area contributed by atoms with Gasteiger partial charge in [0, 0.05) is 25.6 Å². The molecule has 0 heterocycles. The van der Waals surface area contributed by atoms with Crippen molar-refractivity contribution in [2.45, 2.75) is 25.4 Å². The van der Waals surface area contributed by atoms with E-state index in [1.165, 1.54) is 11.1 Å². The average molecular weight is 319 g/mol. The molecule has 0 aliphatic rings. The van der Waals surface area contributed by atoms with Gasteiger partial charge in [-0.15, -0.1) is 18.9 Å². The molecule has 2 aromatic rings. The van der Waals surface area contributed by atoms with E-state index < -0.39 is 0 Å². The van der Waals surface area contributed by atoms with Gasteiger partial charge in [0.1, 0.15) is 5.75 Å². The quantitative estimate of drug-likeness (QED) is 0.504. The van der Waals surface area contributed by atoms with E-state index in [0.29, 0.717) is 0 Å². The second-order valence-electron chi connectivity index (χ2n) is 5.77. The summed E-state index contributed by atoms with van der Waals surface area (Å²) in [4.78, 5) is 2.40. The zero-order valence-corrected chi connectivity index (χ0v) is 14.3. The maximum Gasteiger partial charge on any atom is 0.118 e. The summed E-state index contributed by atoms with van der Waals surface area (Å²) in [7, 11) is 1.68. The lowest BCUT2D eigenvalue weighted by Crippen LogP contribution is -2.35. The Hall–Kier alpha value is -2.50. The van der Waals surface area contributed by atoms with Gasteiger partial charge in [-0.1, -0.05) is 48.5 Å². The number of rotatable bonds is 9. The topological polar surface area (TPSA) is 12.5 Å². The standard InChI is InChI=1S/C22H25NO/c1-4-6-16-23(18-20-10-8-7-9-11-20)21(5-2)17-19-12-14-22(24-3)15-13-19/h1,5,7-15,21H,2,6,16-18H2,3H3/t21-/m0/s1. The molecule has 2 rings (SSSR count). The highest BCUT2D eigenvalue weighted by atomic mass is 16.5. The molecular formula is C22H25NO. The van der Waals surface area contributed by atoms with Crippen molar-refractivity contribution in [3.63, 3.8) is 0 Å². The molecule has 0 radical (unpaired) electrons. The molecule has 0 aliphatic carbocycles. The summed E-state index contributed by atoms with van der Waals surface area (Å²) in [6, 6.07) is 18.9. The number of nitrogens with zero attached hydrogens (tertiary/aromatic N) is 1. The van der Waals surface area contributed by atoms with Gasteiger partial charge in [-0.25, -0.2) is 0 Å². The monoisotopic (exact) mass is 319 g/mol. The zero-order chi connectivity index (χ0) is 17.2. The van der Waals surface area contributed by atoms with E-state index in [2.05, 4.69) is 53.8 Å². The maximum absolute atomic E-state index is 5.48. The first-order valence-corrected chi connectivity index (χ1v) is 8.23. The smallest absolute Gasteiger partial charge is 0.118 e. The van der Waals surface area contributed by atoms with Gasteiger partial charge in [0.25, 0.3) is 0 Å². The predicted molar refractivity (Wildman–Crippen MR) is 101 cm³/mol. The SMILES string of the molecule is C#CCCN(Cc1ccccc1)[C@@H](C=C)Cc1ccc(OC)cc1. The molecule has 0 saturated heterocycles. The van der Waals surface area contributed by atoms with Gasteiger partial charge in [-0.2, -0.15) is 0 Å². The summed E-state index contributed by atoms with van der Waals surface area (Å²) in [5.41, 5.74) is 2.55. The third-order valence-corrected chi connectivity index (χ3v) is 4.12. The molecule has 124 valence electrons. The highest BCUT2D eigenvalue weighted by Gasteiger charge is 2.16. The van der Waals surface area contributed by atoms with Gasteiger partial charge in [0.15, 0.2) is 0 Å². The first-order chi connectivity index (χ1) is 11.8. The third kappa shape index (κ3) is 5.30. The van der Waals surface area contributed by atoms with Gasteiger partial charge < -0.3 is 4.74 Å². The molecule has 0 spiro atoms. The molecule has 2 heteroatoms. The van der Waals surface area contributed by atoms with E-state index in [9.17, 15) is 0 Å². The number of hydrogen-bond acceptors (Lipinski definition) is 2. The fraction of sp³-hybridized carbons (Fsp3) is 0.273. The molecule has 1 atom stereocenters. The predicted octanol–water partition coefficient (Wildman–Crippen LogP) is 4.32. The van der Waals surface area contributed by atoms with E-state index in [1.54, 1.807) is 7.11 Å². The number of methoxy groups -OCH3 is 1. The minimum atomic E-state index is 0.243. The van der Waals surface area contributed by atoms with Gasteiger partial charge >= 0.3 is 0 Å². The van der Waals surface area contributed by atoms with Crippen LogP contribution in [0.25, 0.3) is 0 Å². The molecule has 2 nitrogen and oxygen atoms in total. The zero-order valence-electron chi connectivity index (χ0n) is 14.3. The summed E-state index contributed by atoms with van der Waals surface area (Å²) >= 11 is 0. The number of hydrogen-bond donors (Lipinski definition) is 0. The summed E-state index contributed by atoms with van der Waals surface area (Å²) in [6.45, 7) is 5.77. The van der Waals surface area contributed by atoms with Crippen molar-refractivity contribution in [3.8, 4) is 18.1 Å². The minimum absolute atomic E-state index is 0.243. The molecule has 0 amide bonds. The Balaban J connectivity index is 2.11. The minimum Gasteiger partial charge on any atom is -0.497 e. The molecule has 0 aliphatic heterocycles. The summed E-state index contributed by atoms with van der Waals surface area (Å²) in [5, 5.41) is 0. The van der Waals surface area contributed by atoms with Crippen molar-refractivity contribution in [3.05, 3.63) is 78.4 Å². The van der Waals surface area contributed by atoms with Crippen LogP contribution in [0.2, 0.25) is 0 Å². The molecule has 0 aromatic heterocycles. The highest BCUT2D eigenvalue weighted by molar-refractivity contribution is 5.28. The molecular weight excluding hydrogens is 294 g/mol. The van der Waals surface area contributed by atoms with Gasteiger partial charge in [-0.3, -0.25) is 4.90 Å². The Morgan fingerprint density at radius 3 is 2.42 bits per heavy atom. The Bertz CT molecular complexity index is 655. The fourth-order valence-corrected chi connectivity index (χ4v) is 2.75. The molecule has 24 heavy (non-hydrogen) atoms. The van der Waals surface area contributed by atoms with E-state index in [1.807, 2.05) is 24.3 Å². The molecule has 0 unspecified atom stereocenters. The van der Waals surface area contributed by atoms with Crippen LogP contribution in [-0.2, 0) is 13.0 Å². The molecule has 2 aromatic carbocycles. The van der Waals surface area contributed by atoms with E-state index in [-0.39, 0.29) is 6.04 Å². The Labute approximate surface area is 145 Å². The van der Waals surface area contributed by atoms with Crippen molar-refractivity contribution in [2.75, 3.05) is 13.7 Å². The Morgan fingerprint density at radius 1 is 1.12 bits per heavy atom. The summed E-state index contributed by atoms with van der Waals surface area (Å²) in [6.07, 6.45) is 9.14. The van der Waals surface area contributed by atoms with Gasteiger partial charge in [-0.05, 0) is 29.7 Å². The van der Waals surface area contributed by atoms with Crippen molar-refractivity contribution in [2.24, 2.45) is 0 Å². The third-order valence-electron chi connectivity index (χ3n) is 4.12. The van der Waals surface area contributed by atoms with Crippen LogP contribution in [0.3, 0.4) is 0 Å². The highest BCUT2D eigenvalue weighted by Crippen LogP contribution is 2.17. The van der Waals surface area contributed by atoms with E-state index in [4.69, 9.17) is 11.2 Å². The molecule has 0 N–H and O–H groups in total. The molecule has 0 bridgehead atoms. The van der Waals surface area contributed by atoms with Crippen LogP contribution in [0.4, 0.5) is 0 Å². The summed E-state index contributed by atoms with van der Waals surface area (Å²) < 4.78 is 5.23. The van der Waals surface area contributed by atoms with Crippen molar-refractivity contribution >= 4 is 0 Å². The lowest BCUT2D eigenvalue weighted by Gasteiger charge is -2.29. The van der Waals surface area contributed by atoms with Gasteiger partial charge in [0.2, 0.25) is 0 Å². The second kappa shape index (κ2) is 9.60. The van der Waals surface area contributed by atoms with Crippen LogP contribution in [0.1, 0.15) is 17.5 Å². The normalized spacial score (nSPS) is 11.7. The maximum atomic E-state index is 5.48. The summed E-state index contributed by atoms with van der Waals surface area (Å²) in [5.74, 6) is 3.63. The number of terminal acetylenes is 1. The lowest BCUT2D eigenvalue weighted by atomic mass is 10.0. The van der Waals surface area contributed by atoms with E-state index in [0.717, 1.165) is 31.7 Å².